The second-order valence-corrected chi connectivity index (χ2v) is 4.19. The molecule has 0 aliphatic heterocycles. The maximum Gasteiger partial charge on any atom is 0.347 e. The molecule has 0 bridgehead atoms. The lowest BCUT2D eigenvalue weighted by Gasteiger charge is -2.13. The Bertz CT molecular complexity index is 404. The fraction of sp³-hybridized carbons (Fsp3) is 0.429. The van der Waals surface area contributed by atoms with Crippen LogP contribution in [-0.4, -0.2) is 24.6 Å². The fourth-order valence-electron chi connectivity index (χ4n) is 1.36. The normalized spacial score (nSPS) is 15.6. The monoisotopic (exact) mass is 250 g/mol. The summed E-state index contributed by atoms with van der Waals surface area (Å²) in [5, 5.41) is 0. The van der Waals surface area contributed by atoms with Crippen LogP contribution in [0.3, 0.4) is 0 Å². The number of hydrogen-bond acceptors (Lipinski definition) is 4. The minimum atomic E-state index is -0.914. The molecule has 0 heterocycles. The van der Waals surface area contributed by atoms with Crippen LogP contribution in [0.2, 0.25) is 0 Å². The molecular weight excluding hydrogens is 232 g/mol. The van der Waals surface area contributed by atoms with Gasteiger partial charge in [0.15, 0.2) is 6.10 Å². The quantitative estimate of drug-likeness (QED) is 0.555. The smallest absolute Gasteiger partial charge is 0.347 e. The van der Waals surface area contributed by atoms with E-state index in [0.717, 1.165) is 18.4 Å². The molecule has 0 fully saturated rings. The van der Waals surface area contributed by atoms with Crippen molar-refractivity contribution in [2.75, 3.05) is 6.61 Å². The van der Waals surface area contributed by atoms with E-state index < -0.39 is 18.0 Å². The molecule has 98 valence electrons. The Kier molecular flexibility index (Phi) is 5.36. The highest BCUT2D eigenvalue weighted by Gasteiger charge is 2.19. The molecule has 1 rings (SSSR count). The number of allylic oxidation sites excluding steroid dienone is 2. The summed E-state index contributed by atoms with van der Waals surface area (Å²) in [7, 11) is 0. The zero-order chi connectivity index (χ0) is 13.5. The van der Waals surface area contributed by atoms with Gasteiger partial charge in [0.25, 0.3) is 0 Å². The average molecular weight is 250 g/mol. The largest absolute Gasteiger partial charge is 0.458 e. The highest BCUT2D eigenvalue weighted by molar-refractivity contribution is 5.89. The standard InChI is InChI=1S/C14H18O4/c1-10(2)13(15)18-11(3)14(16)17-9-12-7-5-4-6-8-12/h5,7-8,11H,1,4,6,9H2,2-3H3. The number of rotatable bonds is 5. The lowest BCUT2D eigenvalue weighted by Crippen LogP contribution is -2.27. The summed E-state index contributed by atoms with van der Waals surface area (Å²) in [4.78, 5) is 22.8. The summed E-state index contributed by atoms with van der Waals surface area (Å²) in [5.41, 5.74) is 1.22. The Morgan fingerprint density at radius 2 is 2.17 bits per heavy atom. The molecule has 0 aromatic carbocycles. The van der Waals surface area contributed by atoms with Gasteiger partial charge in [-0.3, -0.25) is 0 Å². The molecular formula is C14H18O4. The Morgan fingerprint density at radius 3 is 2.72 bits per heavy atom. The minimum Gasteiger partial charge on any atom is -0.458 e. The molecule has 4 heteroatoms. The first kappa shape index (κ1) is 14.2. The van der Waals surface area contributed by atoms with E-state index in [9.17, 15) is 9.59 Å². The molecule has 1 unspecified atom stereocenters. The third-order valence-electron chi connectivity index (χ3n) is 2.42. The molecule has 0 aromatic heterocycles. The van der Waals surface area contributed by atoms with Crippen LogP contribution >= 0.6 is 0 Å². The van der Waals surface area contributed by atoms with Crippen molar-refractivity contribution in [3.63, 3.8) is 0 Å². The van der Waals surface area contributed by atoms with Gasteiger partial charge in [0.05, 0.1) is 0 Å². The molecule has 18 heavy (non-hydrogen) atoms. The fourth-order valence-corrected chi connectivity index (χ4v) is 1.36. The molecule has 0 aromatic rings. The summed E-state index contributed by atoms with van der Waals surface area (Å²) in [6, 6.07) is 0. The molecule has 0 spiro atoms. The average Bonchev–Trinajstić information content (AvgIpc) is 2.36. The van der Waals surface area contributed by atoms with E-state index in [2.05, 4.69) is 6.58 Å². The lowest BCUT2D eigenvalue weighted by atomic mass is 10.1. The first-order chi connectivity index (χ1) is 8.50. The number of hydrogen-bond donors (Lipinski definition) is 0. The highest BCUT2D eigenvalue weighted by atomic mass is 16.6. The van der Waals surface area contributed by atoms with E-state index in [4.69, 9.17) is 9.47 Å². The summed E-state index contributed by atoms with van der Waals surface area (Å²) < 4.78 is 9.92. The van der Waals surface area contributed by atoms with Gasteiger partial charge < -0.3 is 9.47 Å². The number of carbonyl (C=O) groups is 2. The minimum absolute atomic E-state index is 0.213. The topological polar surface area (TPSA) is 52.6 Å². The molecule has 1 atom stereocenters. The second-order valence-electron chi connectivity index (χ2n) is 4.19. The van der Waals surface area contributed by atoms with E-state index >= 15 is 0 Å². The van der Waals surface area contributed by atoms with Gasteiger partial charge in [0.2, 0.25) is 0 Å². The van der Waals surface area contributed by atoms with Gasteiger partial charge in [-0.25, -0.2) is 9.59 Å². The molecule has 0 N–H and O–H groups in total. The van der Waals surface area contributed by atoms with E-state index in [1.54, 1.807) is 0 Å². The van der Waals surface area contributed by atoms with Gasteiger partial charge in [0, 0.05) is 5.57 Å². The van der Waals surface area contributed by atoms with Gasteiger partial charge in [0.1, 0.15) is 6.61 Å². The van der Waals surface area contributed by atoms with Crippen molar-refractivity contribution in [2.45, 2.75) is 32.8 Å². The summed E-state index contributed by atoms with van der Waals surface area (Å²) in [5.74, 6) is -1.14. The van der Waals surface area contributed by atoms with Crippen molar-refractivity contribution < 1.29 is 19.1 Å². The Balaban J connectivity index is 2.36. The van der Waals surface area contributed by atoms with Crippen molar-refractivity contribution in [1.82, 2.24) is 0 Å². The van der Waals surface area contributed by atoms with E-state index in [1.165, 1.54) is 13.8 Å². The Labute approximate surface area is 107 Å². The van der Waals surface area contributed by atoms with Crippen molar-refractivity contribution in [3.05, 3.63) is 36.0 Å². The maximum absolute atomic E-state index is 11.6. The van der Waals surface area contributed by atoms with Crippen LogP contribution in [0, 0.1) is 0 Å². The predicted octanol–water partition coefficient (Wildman–Crippen LogP) is 2.31. The van der Waals surface area contributed by atoms with Crippen molar-refractivity contribution >= 4 is 11.9 Å². The number of ether oxygens (including phenoxy) is 2. The van der Waals surface area contributed by atoms with Crippen LogP contribution in [-0.2, 0) is 19.1 Å². The lowest BCUT2D eigenvalue weighted by molar-refractivity contribution is -0.163. The molecule has 1 aliphatic carbocycles. The molecule has 0 saturated heterocycles. The van der Waals surface area contributed by atoms with E-state index in [0.29, 0.717) is 0 Å². The number of carbonyl (C=O) groups excluding carboxylic acids is 2. The first-order valence-electron chi connectivity index (χ1n) is 5.89. The van der Waals surface area contributed by atoms with Gasteiger partial charge in [-0.2, -0.15) is 0 Å². The SMILES string of the molecule is C=C(C)C(=O)OC(C)C(=O)OCC1=CCCC=C1. The molecule has 0 amide bonds. The molecule has 0 saturated carbocycles. The van der Waals surface area contributed by atoms with E-state index in [-0.39, 0.29) is 12.2 Å². The van der Waals surface area contributed by atoms with Crippen molar-refractivity contribution in [1.29, 1.82) is 0 Å². The molecule has 4 nitrogen and oxygen atoms in total. The second kappa shape index (κ2) is 6.79. The van der Waals surface area contributed by atoms with Crippen LogP contribution in [0.1, 0.15) is 26.7 Å². The first-order valence-corrected chi connectivity index (χ1v) is 5.89. The Morgan fingerprint density at radius 1 is 1.44 bits per heavy atom. The van der Waals surface area contributed by atoms with E-state index in [1.807, 2.05) is 18.2 Å². The molecule has 1 aliphatic rings. The van der Waals surface area contributed by atoms with Crippen LogP contribution < -0.4 is 0 Å². The van der Waals surface area contributed by atoms with Crippen molar-refractivity contribution in [2.24, 2.45) is 0 Å². The number of esters is 2. The van der Waals surface area contributed by atoms with Crippen LogP contribution in [0.5, 0.6) is 0 Å². The maximum atomic E-state index is 11.6. The summed E-state index contributed by atoms with van der Waals surface area (Å²) in [6.45, 7) is 6.66. The Hall–Kier alpha value is -1.84. The van der Waals surface area contributed by atoms with Crippen molar-refractivity contribution in [3.8, 4) is 0 Å². The van der Waals surface area contributed by atoms with Gasteiger partial charge in [-0.1, -0.05) is 24.8 Å². The predicted molar refractivity (Wildman–Crippen MR) is 67.8 cm³/mol. The third kappa shape index (κ3) is 4.57. The highest BCUT2D eigenvalue weighted by Crippen LogP contribution is 2.10. The van der Waals surface area contributed by atoms with Gasteiger partial charge >= 0.3 is 11.9 Å². The van der Waals surface area contributed by atoms with Gasteiger partial charge in [-0.15, -0.1) is 0 Å². The summed E-state index contributed by atoms with van der Waals surface area (Å²) in [6.07, 6.45) is 7.06. The van der Waals surface area contributed by atoms with Gasteiger partial charge in [-0.05, 0) is 32.3 Å². The zero-order valence-electron chi connectivity index (χ0n) is 10.8. The van der Waals surface area contributed by atoms with Crippen LogP contribution in [0.15, 0.2) is 36.0 Å². The third-order valence-corrected chi connectivity index (χ3v) is 2.42. The zero-order valence-corrected chi connectivity index (χ0v) is 10.8. The van der Waals surface area contributed by atoms with Crippen LogP contribution in [0.4, 0.5) is 0 Å². The van der Waals surface area contributed by atoms with Crippen LogP contribution in [0.25, 0.3) is 0 Å². The molecule has 0 radical (unpaired) electrons. The summed E-state index contributed by atoms with van der Waals surface area (Å²) >= 11 is 0.